The molecule has 1 aliphatic heterocycles. The molecule has 0 aromatic heterocycles. The molecule has 1 saturated heterocycles. The lowest BCUT2D eigenvalue weighted by Gasteiger charge is -2.34. The van der Waals surface area contributed by atoms with Gasteiger partial charge in [0.2, 0.25) is 5.91 Å². The minimum atomic E-state index is -0.555. The number of anilines is 1. The van der Waals surface area contributed by atoms with Crippen LogP contribution in [-0.2, 0) is 16.1 Å². The molecule has 19 heavy (non-hydrogen) atoms. The maximum atomic E-state index is 12.5. The topological polar surface area (TPSA) is 84.6 Å². The van der Waals surface area contributed by atoms with E-state index in [0.29, 0.717) is 43.9 Å². The average Bonchev–Trinajstić information content (AvgIpc) is 2.48. The van der Waals surface area contributed by atoms with Gasteiger partial charge in [-0.1, -0.05) is 18.2 Å². The largest absolute Gasteiger partial charge is 0.392 e. The summed E-state index contributed by atoms with van der Waals surface area (Å²) in [6.45, 7) is 1.33. The summed E-state index contributed by atoms with van der Waals surface area (Å²) < 4.78 is 5.30. The van der Waals surface area contributed by atoms with Crippen LogP contribution in [-0.4, -0.2) is 30.8 Å². The van der Waals surface area contributed by atoms with Crippen molar-refractivity contribution >= 4 is 11.6 Å². The van der Waals surface area contributed by atoms with Gasteiger partial charge in [0.05, 0.1) is 12.0 Å². The van der Waals surface area contributed by atoms with E-state index in [1.165, 1.54) is 0 Å². The number of ether oxygens (including phenoxy) is 1. The first-order valence-electron chi connectivity index (χ1n) is 6.50. The zero-order valence-corrected chi connectivity index (χ0v) is 10.9. The fraction of sp³-hybridized carbons (Fsp3) is 0.500. The van der Waals surface area contributed by atoms with Gasteiger partial charge < -0.3 is 20.9 Å². The van der Waals surface area contributed by atoms with Gasteiger partial charge in [-0.3, -0.25) is 4.79 Å². The number of aliphatic hydroxyl groups excluding tert-OH is 1. The van der Waals surface area contributed by atoms with Crippen LogP contribution in [0.2, 0.25) is 0 Å². The molecule has 1 aliphatic rings. The maximum Gasteiger partial charge on any atom is 0.232 e. The van der Waals surface area contributed by atoms with Crippen molar-refractivity contribution in [3.8, 4) is 0 Å². The molecule has 5 heteroatoms. The van der Waals surface area contributed by atoms with E-state index in [2.05, 4.69) is 5.32 Å². The van der Waals surface area contributed by atoms with Gasteiger partial charge in [0.25, 0.3) is 0 Å². The van der Waals surface area contributed by atoms with Gasteiger partial charge in [0.1, 0.15) is 0 Å². The lowest BCUT2D eigenvalue weighted by molar-refractivity contribution is -0.130. The van der Waals surface area contributed by atoms with Gasteiger partial charge in [-0.25, -0.2) is 0 Å². The van der Waals surface area contributed by atoms with Crippen molar-refractivity contribution in [2.75, 3.05) is 25.1 Å². The smallest absolute Gasteiger partial charge is 0.232 e. The molecule has 5 nitrogen and oxygen atoms in total. The van der Waals surface area contributed by atoms with E-state index in [1.807, 2.05) is 12.1 Å². The van der Waals surface area contributed by atoms with Gasteiger partial charge in [-0.2, -0.15) is 0 Å². The summed E-state index contributed by atoms with van der Waals surface area (Å²) in [6.07, 6.45) is 1.27. The van der Waals surface area contributed by atoms with E-state index in [4.69, 9.17) is 10.5 Å². The fourth-order valence-corrected chi connectivity index (χ4v) is 2.32. The fourth-order valence-electron chi connectivity index (χ4n) is 2.32. The lowest BCUT2D eigenvalue weighted by atomic mass is 9.79. The van der Waals surface area contributed by atoms with Crippen LogP contribution in [0.25, 0.3) is 0 Å². The maximum absolute atomic E-state index is 12.5. The predicted octanol–water partition coefficient (Wildman–Crippen LogP) is 0.873. The third-order valence-electron chi connectivity index (χ3n) is 3.76. The molecule has 4 N–H and O–H groups in total. The number of aliphatic hydroxyl groups is 1. The second-order valence-electron chi connectivity index (χ2n) is 4.87. The number of carbonyl (C=O) groups is 1. The summed E-state index contributed by atoms with van der Waals surface area (Å²) in [5, 5.41) is 12.2. The standard InChI is InChI=1S/C14H20N2O3/c15-10-14(5-7-19-8-6-14)13(18)16-12-4-2-1-3-11(12)9-17/h1-4,17H,5-10,15H2,(H,16,18). The first kappa shape index (κ1) is 14.0. The van der Waals surface area contributed by atoms with Crippen molar-refractivity contribution in [1.29, 1.82) is 0 Å². The van der Waals surface area contributed by atoms with E-state index in [9.17, 15) is 9.90 Å². The zero-order chi connectivity index (χ0) is 13.7. The second kappa shape index (κ2) is 6.14. The van der Waals surface area contributed by atoms with Crippen molar-refractivity contribution in [3.05, 3.63) is 29.8 Å². The molecule has 1 fully saturated rings. The van der Waals surface area contributed by atoms with Crippen LogP contribution in [0.5, 0.6) is 0 Å². The molecule has 1 aromatic rings. The minimum Gasteiger partial charge on any atom is -0.392 e. The van der Waals surface area contributed by atoms with Crippen LogP contribution >= 0.6 is 0 Å². The van der Waals surface area contributed by atoms with Crippen molar-refractivity contribution in [1.82, 2.24) is 0 Å². The summed E-state index contributed by atoms with van der Waals surface area (Å²) in [4.78, 5) is 12.5. The number of nitrogens with one attached hydrogen (secondary N) is 1. The Kier molecular flexibility index (Phi) is 4.52. The van der Waals surface area contributed by atoms with Crippen molar-refractivity contribution in [2.24, 2.45) is 11.1 Å². The van der Waals surface area contributed by atoms with Crippen LogP contribution in [0.3, 0.4) is 0 Å². The molecule has 2 rings (SSSR count). The zero-order valence-electron chi connectivity index (χ0n) is 10.9. The number of rotatable bonds is 4. The van der Waals surface area contributed by atoms with E-state index in [1.54, 1.807) is 12.1 Å². The average molecular weight is 264 g/mol. The molecule has 104 valence electrons. The quantitative estimate of drug-likeness (QED) is 0.753. The molecule has 1 amide bonds. The van der Waals surface area contributed by atoms with E-state index in [0.717, 1.165) is 0 Å². The van der Waals surface area contributed by atoms with E-state index >= 15 is 0 Å². The summed E-state index contributed by atoms with van der Waals surface area (Å²) in [7, 11) is 0. The van der Waals surface area contributed by atoms with Gasteiger partial charge in [-0.05, 0) is 18.9 Å². The summed E-state index contributed by atoms with van der Waals surface area (Å²) in [5.41, 5.74) is 6.59. The highest BCUT2D eigenvalue weighted by molar-refractivity contribution is 5.96. The number of amides is 1. The molecular formula is C14H20N2O3. The Morgan fingerprint density at radius 1 is 1.37 bits per heavy atom. The van der Waals surface area contributed by atoms with E-state index in [-0.39, 0.29) is 12.5 Å². The highest BCUT2D eigenvalue weighted by Crippen LogP contribution is 2.31. The highest BCUT2D eigenvalue weighted by atomic mass is 16.5. The predicted molar refractivity (Wildman–Crippen MR) is 72.5 cm³/mol. The van der Waals surface area contributed by atoms with Gasteiger partial charge in [-0.15, -0.1) is 0 Å². The Bertz CT molecular complexity index is 442. The highest BCUT2D eigenvalue weighted by Gasteiger charge is 2.38. The molecule has 0 saturated carbocycles. The Labute approximate surface area is 112 Å². The molecule has 0 aliphatic carbocycles. The number of benzene rings is 1. The normalized spacial score (nSPS) is 18.0. The Balaban J connectivity index is 2.15. The first-order valence-corrected chi connectivity index (χ1v) is 6.50. The van der Waals surface area contributed by atoms with E-state index < -0.39 is 5.41 Å². The molecule has 0 unspecified atom stereocenters. The SMILES string of the molecule is NCC1(C(=O)Nc2ccccc2CO)CCOCC1. The molecule has 0 atom stereocenters. The third kappa shape index (κ3) is 2.94. The number of hydrogen-bond donors (Lipinski definition) is 3. The Morgan fingerprint density at radius 2 is 2.05 bits per heavy atom. The van der Waals surface area contributed by atoms with Crippen LogP contribution in [0, 0.1) is 5.41 Å². The van der Waals surface area contributed by atoms with Crippen molar-refractivity contribution in [3.63, 3.8) is 0 Å². The molecule has 1 heterocycles. The Hall–Kier alpha value is -1.43. The molecule has 1 aromatic carbocycles. The van der Waals surface area contributed by atoms with Crippen molar-refractivity contribution < 1.29 is 14.6 Å². The molecule has 0 bridgehead atoms. The first-order chi connectivity index (χ1) is 9.22. The molecule has 0 spiro atoms. The number of para-hydroxylation sites is 1. The Morgan fingerprint density at radius 3 is 2.68 bits per heavy atom. The monoisotopic (exact) mass is 264 g/mol. The van der Waals surface area contributed by atoms with Crippen LogP contribution in [0.4, 0.5) is 5.69 Å². The summed E-state index contributed by atoms with van der Waals surface area (Å²) in [6, 6.07) is 7.23. The second-order valence-corrected chi connectivity index (χ2v) is 4.87. The summed E-state index contributed by atoms with van der Waals surface area (Å²) in [5.74, 6) is -0.0841. The van der Waals surface area contributed by atoms with Gasteiger partial charge in [0.15, 0.2) is 0 Å². The molecular weight excluding hydrogens is 244 g/mol. The summed E-state index contributed by atoms with van der Waals surface area (Å²) >= 11 is 0. The minimum absolute atomic E-state index is 0.0841. The van der Waals surface area contributed by atoms with Crippen molar-refractivity contribution in [2.45, 2.75) is 19.4 Å². The van der Waals surface area contributed by atoms with Crippen LogP contribution in [0.1, 0.15) is 18.4 Å². The van der Waals surface area contributed by atoms with Crippen LogP contribution in [0.15, 0.2) is 24.3 Å². The number of hydrogen-bond acceptors (Lipinski definition) is 4. The molecule has 0 radical (unpaired) electrons. The number of nitrogens with two attached hydrogens (primary N) is 1. The third-order valence-corrected chi connectivity index (χ3v) is 3.76. The van der Waals surface area contributed by atoms with Gasteiger partial charge in [0, 0.05) is 31.0 Å². The lowest BCUT2D eigenvalue weighted by Crippen LogP contribution is -2.46. The number of carbonyl (C=O) groups excluding carboxylic acids is 1. The van der Waals surface area contributed by atoms with Crippen LogP contribution < -0.4 is 11.1 Å². The van der Waals surface area contributed by atoms with Gasteiger partial charge >= 0.3 is 0 Å².